The molecule has 2 aromatic carbocycles. The Morgan fingerprint density at radius 3 is 2.83 bits per heavy atom. The molecule has 0 N–H and O–H groups in total. The highest BCUT2D eigenvalue weighted by Crippen LogP contribution is 2.25. The van der Waals surface area contributed by atoms with Crippen LogP contribution in [0.1, 0.15) is 30.1 Å². The number of aromatic nitrogens is 2. The summed E-state index contributed by atoms with van der Waals surface area (Å²) in [4.78, 5) is 30.2. The maximum Gasteiger partial charge on any atom is 0.339 e. The summed E-state index contributed by atoms with van der Waals surface area (Å²) in [6, 6.07) is 13.9. The molecule has 0 aliphatic rings. The highest BCUT2D eigenvalue weighted by molar-refractivity contribution is 7.17. The van der Waals surface area contributed by atoms with Gasteiger partial charge in [0, 0.05) is 10.8 Å². The van der Waals surface area contributed by atoms with E-state index < -0.39 is 5.97 Å². The van der Waals surface area contributed by atoms with Crippen LogP contribution in [0.5, 0.6) is 5.75 Å². The molecule has 0 aliphatic carbocycles. The molecule has 0 radical (unpaired) electrons. The quantitative estimate of drug-likeness (QED) is 0.305. The van der Waals surface area contributed by atoms with Gasteiger partial charge in [0.15, 0.2) is 0 Å². The Bertz CT molecular complexity index is 1240. The van der Waals surface area contributed by atoms with Crippen molar-refractivity contribution in [2.24, 2.45) is 0 Å². The third kappa shape index (κ3) is 4.07. The van der Waals surface area contributed by atoms with Crippen molar-refractivity contribution in [2.75, 3.05) is 13.2 Å². The molecule has 0 saturated carbocycles. The zero-order valence-electron chi connectivity index (χ0n) is 16.7. The van der Waals surface area contributed by atoms with Gasteiger partial charge < -0.3 is 9.47 Å². The van der Waals surface area contributed by atoms with Crippen LogP contribution in [0.15, 0.2) is 59.0 Å². The molecule has 0 saturated heterocycles. The maximum atomic E-state index is 13.0. The second-order valence-electron chi connectivity index (χ2n) is 6.89. The van der Waals surface area contributed by atoms with Crippen molar-refractivity contribution in [3.05, 3.63) is 70.1 Å². The molecule has 4 rings (SSSR count). The van der Waals surface area contributed by atoms with Gasteiger partial charge in [-0.25, -0.2) is 9.78 Å². The van der Waals surface area contributed by atoms with Gasteiger partial charge in [-0.3, -0.25) is 9.36 Å². The molecular weight excluding hydrogens is 400 g/mol. The van der Waals surface area contributed by atoms with E-state index in [1.165, 1.54) is 22.2 Å². The lowest BCUT2D eigenvalue weighted by molar-refractivity contribution is 0.0502. The van der Waals surface area contributed by atoms with Crippen LogP contribution in [0.3, 0.4) is 0 Å². The van der Waals surface area contributed by atoms with Crippen LogP contribution in [-0.2, 0) is 11.3 Å². The van der Waals surface area contributed by atoms with Crippen LogP contribution in [0, 0.1) is 0 Å². The third-order valence-electron chi connectivity index (χ3n) is 4.85. The number of hydrogen-bond acceptors (Lipinski definition) is 6. The molecule has 0 spiro atoms. The summed E-state index contributed by atoms with van der Waals surface area (Å²) in [7, 11) is 0. The summed E-state index contributed by atoms with van der Waals surface area (Å²) in [6.07, 6.45) is 3.23. The number of hydrogen-bond donors (Lipinski definition) is 0. The Hall–Kier alpha value is -3.19. The minimum atomic E-state index is -0.474. The van der Waals surface area contributed by atoms with Gasteiger partial charge in [0.25, 0.3) is 5.56 Å². The number of unbranched alkanes of at least 4 members (excludes halogenated alkanes) is 1. The van der Waals surface area contributed by atoms with Gasteiger partial charge in [0.05, 0.1) is 30.4 Å². The molecule has 2 aromatic heterocycles. The van der Waals surface area contributed by atoms with E-state index in [4.69, 9.17) is 9.47 Å². The van der Waals surface area contributed by atoms with Gasteiger partial charge in [-0.15, -0.1) is 11.3 Å². The summed E-state index contributed by atoms with van der Waals surface area (Å²) >= 11 is 1.27. The molecular formula is C23H22N2O4S. The second kappa shape index (κ2) is 9.09. The molecule has 30 heavy (non-hydrogen) atoms. The summed E-state index contributed by atoms with van der Waals surface area (Å²) < 4.78 is 12.7. The van der Waals surface area contributed by atoms with E-state index >= 15 is 0 Å². The molecule has 7 heteroatoms. The molecule has 154 valence electrons. The lowest BCUT2D eigenvalue weighted by Gasteiger charge is -2.10. The fraction of sp³-hybridized carbons (Fsp3) is 0.261. The number of fused-ring (bicyclic) bond motifs is 2. The molecule has 2 heterocycles. The van der Waals surface area contributed by atoms with Crippen LogP contribution >= 0.6 is 11.3 Å². The van der Waals surface area contributed by atoms with Gasteiger partial charge in [-0.2, -0.15) is 0 Å². The minimum absolute atomic E-state index is 0.259. The summed E-state index contributed by atoms with van der Waals surface area (Å²) in [5, 5.41) is 4.08. The molecule has 0 aliphatic heterocycles. The van der Waals surface area contributed by atoms with Gasteiger partial charge in [0.2, 0.25) is 0 Å². The number of nitrogens with zero attached hydrogens (tertiary/aromatic N) is 2. The van der Waals surface area contributed by atoms with Crippen LogP contribution < -0.4 is 10.3 Å². The van der Waals surface area contributed by atoms with Gasteiger partial charge in [0.1, 0.15) is 17.2 Å². The number of thiophene rings is 1. The summed E-state index contributed by atoms with van der Waals surface area (Å²) in [6.45, 7) is 3.00. The average Bonchev–Trinajstić information content (AvgIpc) is 3.21. The van der Waals surface area contributed by atoms with Crippen molar-refractivity contribution >= 4 is 38.3 Å². The third-order valence-corrected chi connectivity index (χ3v) is 5.74. The molecule has 0 fully saturated rings. The number of esters is 1. The van der Waals surface area contributed by atoms with E-state index in [1.54, 1.807) is 5.38 Å². The smallest absolute Gasteiger partial charge is 0.339 e. The van der Waals surface area contributed by atoms with Gasteiger partial charge >= 0.3 is 5.97 Å². The summed E-state index contributed by atoms with van der Waals surface area (Å²) in [5.41, 5.74) is 0.0261. The Kier molecular flexibility index (Phi) is 6.09. The Labute approximate surface area is 177 Å². The van der Waals surface area contributed by atoms with Crippen molar-refractivity contribution in [1.82, 2.24) is 9.55 Å². The lowest BCUT2D eigenvalue weighted by Crippen LogP contribution is -2.24. The van der Waals surface area contributed by atoms with Gasteiger partial charge in [-0.1, -0.05) is 49.7 Å². The standard InChI is InChI=1S/C23H22N2O4S/c1-2-3-12-29-23(27)18-14-30-21-20(18)22(26)25(15-24-21)11-13-28-19-10-6-8-16-7-4-5-9-17(16)19/h4-10,14-15H,2-3,11-13H2,1H3. The van der Waals surface area contributed by atoms with Crippen molar-refractivity contribution in [2.45, 2.75) is 26.3 Å². The Morgan fingerprint density at radius 1 is 1.13 bits per heavy atom. The van der Waals surface area contributed by atoms with Crippen LogP contribution in [0.2, 0.25) is 0 Å². The zero-order valence-corrected chi connectivity index (χ0v) is 17.5. The van der Waals surface area contributed by atoms with E-state index in [-0.39, 0.29) is 11.1 Å². The van der Waals surface area contributed by atoms with E-state index in [9.17, 15) is 9.59 Å². The van der Waals surface area contributed by atoms with Crippen molar-refractivity contribution in [3.63, 3.8) is 0 Å². The first-order chi connectivity index (χ1) is 14.7. The predicted molar refractivity (Wildman–Crippen MR) is 119 cm³/mol. The first kappa shape index (κ1) is 20.1. The highest BCUT2D eigenvalue weighted by atomic mass is 32.1. The van der Waals surface area contributed by atoms with Crippen LogP contribution in [0.25, 0.3) is 21.0 Å². The van der Waals surface area contributed by atoms with Crippen LogP contribution in [-0.4, -0.2) is 28.7 Å². The van der Waals surface area contributed by atoms with Crippen molar-refractivity contribution in [1.29, 1.82) is 0 Å². The van der Waals surface area contributed by atoms with E-state index in [0.717, 1.165) is 29.4 Å². The van der Waals surface area contributed by atoms with E-state index in [1.807, 2.05) is 49.4 Å². The average molecular weight is 423 g/mol. The van der Waals surface area contributed by atoms with E-state index in [0.29, 0.717) is 30.0 Å². The van der Waals surface area contributed by atoms with Gasteiger partial charge in [-0.05, 0) is 17.9 Å². The number of ether oxygens (including phenoxy) is 2. The first-order valence-electron chi connectivity index (χ1n) is 9.93. The second-order valence-corrected chi connectivity index (χ2v) is 7.75. The Balaban J connectivity index is 1.52. The monoisotopic (exact) mass is 422 g/mol. The molecule has 0 bridgehead atoms. The van der Waals surface area contributed by atoms with Crippen molar-refractivity contribution < 1.29 is 14.3 Å². The maximum absolute atomic E-state index is 13.0. The lowest BCUT2D eigenvalue weighted by atomic mass is 10.1. The normalized spacial score (nSPS) is 11.1. The molecule has 6 nitrogen and oxygen atoms in total. The van der Waals surface area contributed by atoms with Crippen molar-refractivity contribution in [3.8, 4) is 5.75 Å². The number of carbonyl (C=O) groups is 1. The SMILES string of the molecule is CCCCOC(=O)c1csc2ncn(CCOc3cccc4ccccc34)c(=O)c12. The largest absolute Gasteiger partial charge is 0.491 e. The summed E-state index contributed by atoms with van der Waals surface area (Å²) in [5.74, 6) is 0.296. The number of rotatable bonds is 8. The molecule has 4 aromatic rings. The fourth-order valence-electron chi connectivity index (χ4n) is 3.24. The topological polar surface area (TPSA) is 70.4 Å². The minimum Gasteiger partial charge on any atom is -0.491 e. The number of carbonyl (C=O) groups excluding carboxylic acids is 1. The van der Waals surface area contributed by atoms with E-state index in [2.05, 4.69) is 4.98 Å². The fourth-order valence-corrected chi connectivity index (χ4v) is 4.11. The zero-order chi connectivity index (χ0) is 20.9. The number of benzene rings is 2. The predicted octanol–water partition coefficient (Wildman–Crippen LogP) is 4.65. The highest BCUT2D eigenvalue weighted by Gasteiger charge is 2.18. The van der Waals surface area contributed by atoms with Crippen LogP contribution in [0.4, 0.5) is 0 Å². The molecule has 0 atom stereocenters. The Morgan fingerprint density at radius 2 is 1.97 bits per heavy atom. The molecule has 0 unspecified atom stereocenters. The molecule has 0 amide bonds. The first-order valence-corrected chi connectivity index (χ1v) is 10.8.